The van der Waals surface area contributed by atoms with E-state index in [0.29, 0.717) is 23.2 Å². The van der Waals surface area contributed by atoms with Crippen LogP contribution in [0.25, 0.3) is 0 Å². The van der Waals surface area contributed by atoms with Crippen LogP contribution >= 0.6 is 11.6 Å². The molecular formula is C26H40ClN3O2. The number of halogens is 1. The minimum absolute atomic E-state index is 0.229. The molecule has 0 spiro atoms. The number of hydrogen-bond acceptors (Lipinski definition) is 4. The summed E-state index contributed by atoms with van der Waals surface area (Å²) < 4.78 is 0. The third-order valence-electron chi connectivity index (χ3n) is 5.27. The van der Waals surface area contributed by atoms with Gasteiger partial charge in [-0.25, -0.2) is 4.98 Å². The zero-order chi connectivity index (χ0) is 24.8. The molecule has 0 saturated carbocycles. The number of rotatable bonds is 10. The Kier molecular flexibility index (Phi) is 14.3. The lowest BCUT2D eigenvalue weighted by molar-refractivity contribution is -0.141. The maximum absolute atomic E-state index is 12.3. The summed E-state index contributed by atoms with van der Waals surface area (Å²) in [5.41, 5.74) is 3.71. The lowest BCUT2D eigenvalue weighted by Crippen LogP contribution is -2.37. The first-order valence-corrected chi connectivity index (χ1v) is 11.4. The molecule has 1 unspecified atom stereocenters. The number of amides is 2. The van der Waals surface area contributed by atoms with Crippen LogP contribution in [-0.4, -0.2) is 46.7 Å². The monoisotopic (exact) mass is 461 g/mol. The highest BCUT2D eigenvalue weighted by Gasteiger charge is 2.20. The van der Waals surface area contributed by atoms with Crippen LogP contribution in [0.4, 0.5) is 0 Å². The number of aromatic nitrogens is 1. The Labute approximate surface area is 199 Å². The number of aryl methyl sites for hydroxylation is 1. The SMILES string of the molecule is C=CC(C(=O)N(CCCCN(C)C=C)C(C)=O)=C(C)C.CCC(C)c1cnc(Cl)c(C)c1. The summed E-state index contributed by atoms with van der Waals surface area (Å²) in [5, 5.41) is 0.613. The van der Waals surface area contributed by atoms with Crippen LogP contribution in [0.3, 0.4) is 0 Å². The summed E-state index contributed by atoms with van der Waals surface area (Å²) in [6.45, 7) is 20.1. The molecule has 5 nitrogen and oxygen atoms in total. The number of nitrogens with zero attached hydrogens (tertiary/aromatic N) is 3. The van der Waals surface area contributed by atoms with Crippen LogP contribution in [0.5, 0.6) is 0 Å². The Balaban J connectivity index is 0.000000677. The largest absolute Gasteiger partial charge is 0.381 e. The molecule has 0 aliphatic heterocycles. The fourth-order valence-electron chi connectivity index (χ4n) is 2.86. The Morgan fingerprint density at radius 3 is 2.22 bits per heavy atom. The Bertz CT molecular complexity index is 813. The van der Waals surface area contributed by atoms with Crippen molar-refractivity contribution >= 4 is 23.4 Å². The molecule has 0 saturated heterocycles. The van der Waals surface area contributed by atoms with Gasteiger partial charge >= 0.3 is 0 Å². The van der Waals surface area contributed by atoms with E-state index in [1.165, 1.54) is 23.5 Å². The van der Waals surface area contributed by atoms with E-state index in [1.54, 1.807) is 6.20 Å². The van der Waals surface area contributed by atoms with Gasteiger partial charge in [0.25, 0.3) is 5.91 Å². The van der Waals surface area contributed by atoms with Crippen LogP contribution in [-0.2, 0) is 9.59 Å². The van der Waals surface area contributed by atoms with Crippen molar-refractivity contribution in [1.82, 2.24) is 14.8 Å². The van der Waals surface area contributed by atoms with E-state index in [1.807, 2.05) is 38.9 Å². The van der Waals surface area contributed by atoms with Crippen LogP contribution in [0.1, 0.15) is 70.9 Å². The van der Waals surface area contributed by atoms with Gasteiger partial charge in [-0.15, -0.1) is 0 Å². The second-order valence-electron chi connectivity index (χ2n) is 8.15. The average Bonchev–Trinajstić information content (AvgIpc) is 2.75. The maximum atomic E-state index is 12.3. The van der Waals surface area contributed by atoms with E-state index in [9.17, 15) is 9.59 Å². The topological polar surface area (TPSA) is 53.5 Å². The van der Waals surface area contributed by atoms with Gasteiger partial charge in [-0.1, -0.05) is 56.3 Å². The molecule has 178 valence electrons. The van der Waals surface area contributed by atoms with Gasteiger partial charge in [-0.05, 0) is 63.3 Å². The van der Waals surface area contributed by atoms with Crippen molar-refractivity contribution in [2.45, 2.75) is 66.7 Å². The standard InChI is InChI=1S/C16H26N2O2.C10H14ClN/c1-7-15(13(3)4)16(20)18(14(5)19)12-10-9-11-17(6)8-2;1-4-7(2)9-5-8(3)10(11)12-6-9/h7-8H,1-2,9-12H2,3-6H3;5-7H,4H2,1-3H3. The van der Waals surface area contributed by atoms with Crippen LogP contribution in [0.2, 0.25) is 5.15 Å². The number of pyridine rings is 1. The highest BCUT2D eigenvalue weighted by Crippen LogP contribution is 2.21. The second-order valence-corrected chi connectivity index (χ2v) is 8.51. The van der Waals surface area contributed by atoms with Crippen LogP contribution in [0.15, 0.2) is 48.8 Å². The van der Waals surface area contributed by atoms with Crippen molar-refractivity contribution < 1.29 is 9.59 Å². The third-order valence-corrected chi connectivity index (χ3v) is 5.67. The Morgan fingerprint density at radius 1 is 1.19 bits per heavy atom. The highest BCUT2D eigenvalue weighted by atomic mass is 35.5. The zero-order valence-corrected chi connectivity index (χ0v) is 21.6. The van der Waals surface area contributed by atoms with Gasteiger partial charge in [0.1, 0.15) is 5.15 Å². The fourth-order valence-corrected chi connectivity index (χ4v) is 2.96. The minimum Gasteiger partial charge on any atom is -0.381 e. The van der Waals surface area contributed by atoms with Gasteiger partial charge in [-0.3, -0.25) is 14.5 Å². The molecule has 0 fully saturated rings. The molecule has 0 N–H and O–H groups in total. The number of allylic oxidation sites excluding steroid dienone is 1. The first-order valence-electron chi connectivity index (χ1n) is 11.1. The second kappa shape index (κ2) is 15.4. The summed E-state index contributed by atoms with van der Waals surface area (Å²) in [4.78, 5) is 31.3. The first-order chi connectivity index (χ1) is 15.0. The van der Waals surface area contributed by atoms with Gasteiger partial charge in [0.05, 0.1) is 0 Å². The number of unbranched alkanes of at least 4 members (excludes halogenated alkanes) is 1. The number of hydrogen-bond donors (Lipinski definition) is 0. The smallest absolute Gasteiger partial charge is 0.260 e. The van der Waals surface area contributed by atoms with Crippen molar-refractivity contribution in [3.8, 4) is 0 Å². The number of imide groups is 1. The molecule has 0 aliphatic carbocycles. The van der Waals surface area contributed by atoms with Crippen molar-refractivity contribution in [2.24, 2.45) is 0 Å². The van der Waals surface area contributed by atoms with E-state index in [-0.39, 0.29) is 11.8 Å². The highest BCUT2D eigenvalue weighted by molar-refractivity contribution is 6.30. The average molecular weight is 462 g/mol. The molecule has 1 atom stereocenters. The fraction of sp³-hybridized carbons (Fsp3) is 0.500. The van der Waals surface area contributed by atoms with Crippen molar-refractivity contribution in [3.63, 3.8) is 0 Å². The lowest BCUT2D eigenvalue weighted by atomic mass is 10.00. The predicted molar refractivity (Wildman–Crippen MR) is 136 cm³/mol. The Hall–Kier alpha value is -2.40. The van der Waals surface area contributed by atoms with E-state index in [4.69, 9.17) is 11.6 Å². The minimum atomic E-state index is -0.260. The quantitative estimate of drug-likeness (QED) is 0.177. The van der Waals surface area contributed by atoms with Crippen molar-refractivity contribution in [2.75, 3.05) is 20.1 Å². The lowest BCUT2D eigenvalue weighted by Gasteiger charge is -2.21. The number of carbonyl (C=O) groups excluding carboxylic acids is 2. The van der Waals surface area contributed by atoms with Gasteiger partial charge in [0.2, 0.25) is 5.91 Å². The predicted octanol–water partition coefficient (Wildman–Crippen LogP) is 6.30. The summed E-state index contributed by atoms with van der Waals surface area (Å²) in [5.74, 6) is 0.0886. The van der Waals surface area contributed by atoms with Crippen molar-refractivity contribution in [1.29, 1.82) is 0 Å². The van der Waals surface area contributed by atoms with Crippen molar-refractivity contribution in [3.05, 3.63) is 65.1 Å². The Morgan fingerprint density at radius 2 is 1.78 bits per heavy atom. The molecule has 0 radical (unpaired) electrons. The molecule has 0 aliphatic rings. The molecule has 1 aromatic heterocycles. The molecule has 1 rings (SSSR count). The van der Waals surface area contributed by atoms with E-state index >= 15 is 0 Å². The van der Waals surface area contributed by atoms with Gasteiger partial charge in [-0.2, -0.15) is 0 Å². The normalized spacial score (nSPS) is 10.9. The van der Waals surface area contributed by atoms with Gasteiger partial charge in [0, 0.05) is 38.8 Å². The molecule has 0 bridgehead atoms. The summed E-state index contributed by atoms with van der Waals surface area (Å²) in [6.07, 6.45) is 7.95. The molecule has 6 heteroatoms. The van der Waals surface area contributed by atoms with E-state index in [0.717, 1.165) is 36.9 Å². The molecule has 0 aromatic carbocycles. The molecular weight excluding hydrogens is 422 g/mol. The first kappa shape index (κ1) is 29.6. The molecule has 32 heavy (non-hydrogen) atoms. The molecule has 1 aromatic rings. The molecule has 2 amide bonds. The summed E-state index contributed by atoms with van der Waals surface area (Å²) in [6, 6.07) is 2.11. The van der Waals surface area contributed by atoms with Gasteiger partial charge < -0.3 is 4.90 Å². The molecule has 1 heterocycles. The van der Waals surface area contributed by atoms with E-state index < -0.39 is 0 Å². The zero-order valence-electron chi connectivity index (χ0n) is 20.9. The van der Waals surface area contributed by atoms with Gasteiger partial charge in [0.15, 0.2) is 0 Å². The summed E-state index contributed by atoms with van der Waals surface area (Å²) >= 11 is 5.82. The maximum Gasteiger partial charge on any atom is 0.260 e. The third kappa shape index (κ3) is 10.3. The summed E-state index contributed by atoms with van der Waals surface area (Å²) in [7, 11) is 1.94. The van der Waals surface area contributed by atoms with Crippen LogP contribution in [0, 0.1) is 6.92 Å². The van der Waals surface area contributed by atoms with Crippen LogP contribution < -0.4 is 0 Å². The van der Waals surface area contributed by atoms with E-state index in [2.05, 4.69) is 38.1 Å². The number of carbonyl (C=O) groups is 2.